The first-order chi connectivity index (χ1) is 6.24. The molecule has 0 fully saturated rings. The van der Waals surface area contributed by atoms with E-state index in [1.165, 1.54) is 10.9 Å². The molecular weight excluding hydrogens is 206 g/mol. The lowest BCUT2D eigenvalue weighted by atomic mass is 10.2. The first-order valence-electron chi connectivity index (χ1n) is 3.95. The maximum absolute atomic E-state index is 11.4. The average molecular weight is 219 g/mol. The van der Waals surface area contributed by atoms with Gasteiger partial charge in [-0.1, -0.05) is 5.10 Å². The average Bonchev–Trinajstić information content (AvgIpc) is 2.33. The maximum atomic E-state index is 11.4. The molecule has 1 aromatic rings. The Morgan fingerprint density at radius 1 is 1.50 bits per heavy atom. The van der Waals surface area contributed by atoms with E-state index in [2.05, 4.69) is 15.5 Å². The molecule has 80 valence electrons. The number of nitrogens with zero attached hydrogens (tertiary/aromatic N) is 4. The molecule has 0 radical (unpaired) electrons. The van der Waals surface area contributed by atoms with Crippen LogP contribution in [0.4, 0.5) is 5.95 Å². The van der Waals surface area contributed by atoms with Crippen molar-refractivity contribution < 1.29 is 8.42 Å². The molecule has 8 heteroatoms. The van der Waals surface area contributed by atoms with Crippen LogP contribution < -0.4 is 5.73 Å². The van der Waals surface area contributed by atoms with Gasteiger partial charge in [-0.05, 0) is 24.3 Å². The predicted octanol–water partition coefficient (Wildman–Crippen LogP) is -0.921. The molecule has 1 aromatic heterocycles. The molecule has 0 aliphatic rings. The van der Waals surface area contributed by atoms with Crippen molar-refractivity contribution >= 4 is 15.8 Å². The van der Waals surface area contributed by atoms with Crippen LogP contribution in [-0.2, 0) is 16.4 Å². The van der Waals surface area contributed by atoms with Crippen molar-refractivity contribution in [1.29, 1.82) is 0 Å². The van der Waals surface area contributed by atoms with E-state index in [-0.39, 0.29) is 12.5 Å². The summed E-state index contributed by atoms with van der Waals surface area (Å²) in [7, 11) is -3.17. The fourth-order valence-electron chi connectivity index (χ4n) is 0.802. The fourth-order valence-corrected chi connectivity index (χ4v) is 1.16. The van der Waals surface area contributed by atoms with Crippen molar-refractivity contribution in [2.24, 2.45) is 0 Å². The number of tetrazole rings is 1. The van der Waals surface area contributed by atoms with Gasteiger partial charge in [-0.15, -0.1) is 0 Å². The molecule has 0 unspecified atom stereocenters. The highest BCUT2D eigenvalue weighted by molar-refractivity contribution is 7.92. The molecule has 7 nitrogen and oxygen atoms in total. The summed E-state index contributed by atoms with van der Waals surface area (Å²) in [5.41, 5.74) is 5.42. The summed E-state index contributed by atoms with van der Waals surface area (Å²) in [4.78, 5) is 0. The van der Waals surface area contributed by atoms with Crippen LogP contribution in [0.3, 0.4) is 0 Å². The Kier molecular flexibility index (Phi) is 2.49. The third-order valence-electron chi connectivity index (χ3n) is 2.09. The molecule has 1 heterocycles. The third kappa shape index (κ3) is 2.00. The molecular formula is C6H13N5O2S. The van der Waals surface area contributed by atoms with Crippen LogP contribution in [0.5, 0.6) is 0 Å². The molecule has 0 saturated carbocycles. The number of nitrogens with two attached hydrogens (primary N) is 1. The Morgan fingerprint density at radius 2 is 2.07 bits per heavy atom. The second kappa shape index (κ2) is 3.19. The Balaban J connectivity index is 2.95. The second-order valence-electron chi connectivity index (χ2n) is 3.73. The van der Waals surface area contributed by atoms with Crippen LogP contribution >= 0.6 is 0 Å². The normalized spacial score (nSPS) is 13.1. The molecule has 1 rings (SSSR count). The maximum Gasteiger partial charge on any atom is 0.240 e. The third-order valence-corrected chi connectivity index (χ3v) is 4.23. The zero-order valence-electron chi connectivity index (χ0n) is 8.30. The fraction of sp³-hybridized carbons (Fsp3) is 0.833. The molecule has 0 aromatic carbocycles. The summed E-state index contributed by atoms with van der Waals surface area (Å²) in [6.07, 6.45) is 1.17. The van der Waals surface area contributed by atoms with Gasteiger partial charge in [0.15, 0.2) is 9.84 Å². The van der Waals surface area contributed by atoms with Gasteiger partial charge in [0.05, 0.1) is 11.3 Å². The number of hydrogen-bond acceptors (Lipinski definition) is 6. The zero-order chi connectivity index (χ0) is 11.0. The molecule has 2 N–H and O–H groups in total. The summed E-state index contributed by atoms with van der Waals surface area (Å²) in [6.45, 7) is 3.34. The summed E-state index contributed by atoms with van der Waals surface area (Å²) in [5.74, 6) is 0.113. The van der Waals surface area contributed by atoms with Crippen molar-refractivity contribution in [3.63, 3.8) is 0 Å². The van der Waals surface area contributed by atoms with Gasteiger partial charge < -0.3 is 5.73 Å². The molecule has 0 amide bonds. The predicted molar refractivity (Wildman–Crippen MR) is 51.2 cm³/mol. The molecule has 0 aliphatic carbocycles. The van der Waals surface area contributed by atoms with Crippen LogP contribution in [0.25, 0.3) is 0 Å². The molecule has 0 atom stereocenters. The van der Waals surface area contributed by atoms with Gasteiger partial charge in [0, 0.05) is 6.26 Å². The highest BCUT2D eigenvalue weighted by Gasteiger charge is 2.31. The van der Waals surface area contributed by atoms with Crippen LogP contribution in [-0.4, -0.2) is 39.6 Å². The van der Waals surface area contributed by atoms with Gasteiger partial charge in [0.25, 0.3) is 0 Å². The van der Waals surface area contributed by atoms with E-state index in [0.29, 0.717) is 0 Å². The molecule has 0 saturated heterocycles. The minimum Gasteiger partial charge on any atom is -0.367 e. The quantitative estimate of drug-likeness (QED) is 0.705. The van der Waals surface area contributed by atoms with E-state index < -0.39 is 14.6 Å². The van der Waals surface area contributed by atoms with E-state index in [1.54, 1.807) is 13.8 Å². The lowest BCUT2D eigenvalue weighted by Crippen LogP contribution is -2.36. The number of aromatic nitrogens is 4. The molecule has 14 heavy (non-hydrogen) atoms. The van der Waals surface area contributed by atoms with E-state index in [0.717, 1.165) is 0 Å². The topological polar surface area (TPSA) is 104 Å². The molecule has 0 aliphatic heterocycles. The standard InChI is InChI=1S/C6H13N5O2S/c1-6(2,14(3,12)13)4-11-5(7)8-9-10-11/h4H2,1-3H3,(H2,7,8,10). The summed E-state index contributed by atoms with van der Waals surface area (Å²) >= 11 is 0. The Bertz CT molecular complexity index is 421. The monoisotopic (exact) mass is 219 g/mol. The summed E-state index contributed by atoms with van der Waals surface area (Å²) < 4.78 is 23.1. The van der Waals surface area contributed by atoms with E-state index in [4.69, 9.17) is 5.73 Å². The van der Waals surface area contributed by atoms with Crippen molar-refractivity contribution in [1.82, 2.24) is 20.2 Å². The molecule has 0 bridgehead atoms. The lowest BCUT2D eigenvalue weighted by Gasteiger charge is -2.21. The van der Waals surface area contributed by atoms with Crippen molar-refractivity contribution in [2.45, 2.75) is 25.1 Å². The minimum absolute atomic E-state index is 0.113. The number of sulfone groups is 1. The highest BCUT2D eigenvalue weighted by Crippen LogP contribution is 2.17. The van der Waals surface area contributed by atoms with Crippen molar-refractivity contribution in [3.8, 4) is 0 Å². The van der Waals surface area contributed by atoms with E-state index in [9.17, 15) is 8.42 Å². The highest BCUT2D eigenvalue weighted by atomic mass is 32.2. The van der Waals surface area contributed by atoms with Crippen LogP contribution in [0, 0.1) is 0 Å². The SMILES string of the molecule is CC(C)(Cn1nnnc1N)S(C)(=O)=O. The Hall–Kier alpha value is -1.18. The van der Waals surface area contributed by atoms with Gasteiger partial charge >= 0.3 is 0 Å². The largest absolute Gasteiger partial charge is 0.367 e. The number of rotatable bonds is 3. The smallest absolute Gasteiger partial charge is 0.240 e. The van der Waals surface area contributed by atoms with Gasteiger partial charge in [0.1, 0.15) is 0 Å². The van der Waals surface area contributed by atoms with Crippen LogP contribution in [0.2, 0.25) is 0 Å². The summed E-state index contributed by atoms with van der Waals surface area (Å²) in [5, 5.41) is 10.4. The van der Waals surface area contributed by atoms with Crippen molar-refractivity contribution in [2.75, 3.05) is 12.0 Å². The minimum atomic E-state index is -3.17. The number of anilines is 1. The van der Waals surface area contributed by atoms with Crippen molar-refractivity contribution in [3.05, 3.63) is 0 Å². The first-order valence-corrected chi connectivity index (χ1v) is 5.84. The first kappa shape index (κ1) is 10.9. The van der Waals surface area contributed by atoms with Gasteiger partial charge in [-0.2, -0.15) is 0 Å². The summed E-state index contributed by atoms with van der Waals surface area (Å²) in [6, 6.07) is 0. The van der Waals surface area contributed by atoms with E-state index >= 15 is 0 Å². The zero-order valence-corrected chi connectivity index (χ0v) is 9.11. The van der Waals surface area contributed by atoms with Crippen LogP contribution in [0.1, 0.15) is 13.8 Å². The Morgan fingerprint density at radius 3 is 2.43 bits per heavy atom. The van der Waals surface area contributed by atoms with Gasteiger partial charge in [0.2, 0.25) is 5.95 Å². The van der Waals surface area contributed by atoms with E-state index in [1.807, 2.05) is 0 Å². The van der Waals surface area contributed by atoms with Gasteiger partial charge in [-0.25, -0.2) is 13.1 Å². The van der Waals surface area contributed by atoms with Crippen LogP contribution in [0.15, 0.2) is 0 Å². The van der Waals surface area contributed by atoms with Gasteiger partial charge in [-0.3, -0.25) is 0 Å². The molecule has 0 spiro atoms. The number of hydrogen-bond donors (Lipinski definition) is 1. The lowest BCUT2D eigenvalue weighted by molar-refractivity contribution is 0.472. The number of nitrogen functional groups attached to an aromatic ring is 1. The Labute approximate surface area is 82.2 Å². The second-order valence-corrected chi connectivity index (χ2v) is 6.38.